The lowest BCUT2D eigenvalue weighted by atomic mass is 10.1. The molecule has 0 saturated carbocycles. The Hall–Kier alpha value is -2.40. The zero-order chi connectivity index (χ0) is 15.6. The highest BCUT2D eigenvalue weighted by Gasteiger charge is 2.15. The summed E-state index contributed by atoms with van der Waals surface area (Å²) >= 11 is 5.94. The predicted molar refractivity (Wildman–Crippen MR) is 79.4 cm³/mol. The van der Waals surface area contributed by atoms with Crippen molar-refractivity contribution in [1.29, 1.82) is 0 Å². The largest absolute Gasteiger partial charge is 0.457 e. The Bertz CT molecular complexity index is 728. The average molecular weight is 306 g/mol. The molecule has 0 N–H and O–H groups in total. The van der Waals surface area contributed by atoms with Crippen molar-refractivity contribution in [2.24, 2.45) is 0 Å². The van der Waals surface area contributed by atoms with Crippen LogP contribution in [0.4, 0.5) is 5.69 Å². The van der Waals surface area contributed by atoms with E-state index in [1.807, 2.05) is 6.92 Å². The quantitative estimate of drug-likeness (QED) is 0.472. The van der Waals surface area contributed by atoms with Crippen molar-refractivity contribution < 1.29 is 14.5 Å². The smallest absolute Gasteiger partial charge is 0.270 e. The van der Waals surface area contributed by atoms with E-state index in [2.05, 4.69) is 0 Å². The van der Waals surface area contributed by atoms with Crippen LogP contribution in [0.15, 0.2) is 36.4 Å². The van der Waals surface area contributed by atoms with Crippen LogP contribution < -0.4 is 4.74 Å². The van der Waals surface area contributed by atoms with Gasteiger partial charge in [0, 0.05) is 17.2 Å². The second-order valence-corrected chi connectivity index (χ2v) is 4.91. The fraction of sp³-hybridized carbons (Fsp3) is 0.133. The Morgan fingerprint density at radius 3 is 2.52 bits per heavy atom. The van der Waals surface area contributed by atoms with E-state index in [1.54, 1.807) is 18.2 Å². The van der Waals surface area contributed by atoms with E-state index in [0.29, 0.717) is 10.8 Å². The molecular formula is C15H12ClNO4. The maximum atomic E-state index is 11.6. The summed E-state index contributed by atoms with van der Waals surface area (Å²) in [4.78, 5) is 21.8. The summed E-state index contributed by atoms with van der Waals surface area (Å²) in [5.41, 5.74) is 0.845. The molecule has 0 amide bonds. The van der Waals surface area contributed by atoms with Crippen molar-refractivity contribution in [2.75, 3.05) is 0 Å². The first-order valence-corrected chi connectivity index (χ1v) is 6.49. The van der Waals surface area contributed by atoms with Crippen LogP contribution in [0.25, 0.3) is 0 Å². The third kappa shape index (κ3) is 3.38. The topological polar surface area (TPSA) is 69.4 Å². The molecule has 2 rings (SSSR count). The van der Waals surface area contributed by atoms with Gasteiger partial charge in [-0.1, -0.05) is 11.6 Å². The third-order valence-electron chi connectivity index (χ3n) is 2.91. The summed E-state index contributed by atoms with van der Waals surface area (Å²) in [6.07, 6.45) is 0. The number of Topliss-reactive ketones (excluding diaryl/α,β-unsaturated/α-hetero) is 1. The van der Waals surface area contributed by atoms with E-state index in [0.717, 1.165) is 5.56 Å². The maximum absolute atomic E-state index is 11.6. The van der Waals surface area contributed by atoms with Gasteiger partial charge in [0.15, 0.2) is 5.78 Å². The summed E-state index contributed by atoms with van der Waals surface area (Å²) in [6, 6.07) is 9.00. The Morgan fingerprint density at radius 1 is 1.24 bits per heavy atom. The molecule has 5 nitrogen and oxygen atoms in total. The lowest BCUT2D eigenvalue weighted by Gasteiger charge is -2.10. The molecule has 21 heavy (non-hydrogen) atoms. The highest BCUT2D eigenvalue weighted by atomic mass is 35.5. The average Bonchev–Trinajstić information content (AvgIpc) is 2.43. The molecular weight excluding hydrogens is 294 g/mol. The monoisotopic (exact) mass is 305 g/mol. The number of ketones is 1. The van der Waals surface area contributed by atoms with Gasteiger partial charge in [-0.3, -0.25) is 14.9 Å². The molecule has 0 aromatic heterocycles. The number of non-ortho nitro benzene ring substituents is 1. The minimum atomic E-state index is -0.553. The number of carbonyl (C=O) groups is 1. The third-order valence-corrected chi connectivity index (χ3v) is 3.33. The number of nitro groups is 1. The van der Waals surface area contributed by atoms with Crippen LogP contribution in [-0.2, 0) is 0 Å². The predicted octanol–water partition coefficient (Wildman–Crippen LogP) is 4.55. The van der Waals surface area contributed by atoms with Crippen molar-refractivity contribution >= 4 is 23.1 Å². The van der Waals surface area contributed by atoms with Gasteiger partial charge in [0.2, 0.25) is 0 Å². The van der Waals surface area contributed by atoms with Gasteiger partial charge in [0.25, 0.3) is 5.69 Å². The molecule has 0 spiro atoms. The normalized spacial score (nSPS) is 10.2. The number of ether oxygens (including phenoxy) is 1. The van der Waals surface area contributed by atoms with Gasteiger partial charge in [-0.25, -0.2) is 0 Å². The standard InChI is InChI=1S/C15H12ClNO4/c1-9-7-12(4-5-14(9)16)21-15-6-3-11(17(19)20)8-13(15)10(2)18/h3-8H,1-2H3. The lowest BCUT2D eigenvalue weighted by molar-refractivity contribution is -0.384. The van der Waals surface area contributed by atoms with Gasteiger partial charge in [-0.05, 0) is 43.7 Å². The first kappa shape index (κ1) is 15.0. The van der Waals surface area contributed by atoms with Crippen LogP contribution in [0.2, 0.25) is 5.02 Å². The molecule has 0 saturated heterocycles. The first-order chi connectivity index (χ1) is 9.88. The fourth-order valence-corrected chi connectivity index (χ4v) is 1.92. The Morgan fingerprint density at radius 2 is 1.95 bits per heavy atom. The zero-order valence-corrected chi connectivity index (χ0v) is 12.2. The van der Waals surface area contributed by atoms with E-state index in [4.69, 9.17) is 16.3 Å². The van der Waals surface area contributed by atoms with Crippen molar-refractivity contribution in [3.8, 4) is 11.5 Å². The van der Waals surface area contributed by atoms with Crippen LogP contribution in [0.5, 0.6) is 11.5 Å². The molecule has 0 fully saturated rings. The SMILES string of the molecule is CC(=O)c1cc([N+](=O)[O-])ccc1Oc1ccc(Cl)c(C)c1. The van der Waals surface area contributed by atoms with Gasteiger partial charge in [0.05, 0.1) is 10.5 Å². The number of rotatable bonds is 4. The molecule has 0 bridgehead atoms. The number of halogens is 1. The molecule has 0 aliphatic rings. The van der Waals surface area contributed by atoms with Crippen LogP contribution in [-0.4, -0.2) is 10.7 Å². The molecule has 2 aromatic rings. The van der Waals surface area contributed by atoms with Gasteiger partial charge in [-0.2, -0.15) is 0 Å². The number of hydrogen-bond donors (Lipinski definition) is 0. The minimum Gasteiger partial charge on any atom is -0.457 e. The molecule has 0 radical (unpaired) electrons. The summed E-state index contributed by atoms with van der Waals surface area (Å²) in [5, 5.41) is 11.4. The molecule has 0 heterocycles. The molecule has 0 atom stereocenters. The van der Waals surface area contributed by atoms with Gasteiger partial charge >= 0.3 is 0 Å². The lowest BCUT2D eigenvalue weighted by Crippen LogP contribution is -1.99. The van der Waals surface area contributed by atoms with Crippen LogP contribution in [0.1, 0.15) is 22.8 Å². The fourth-order valence-electron chi connectivity index (χ4n) is 1.80. The summed E-state index contributed by atoms with van der Waals surface area (Å²) in [7, 11) is 0. The van der Waals surface area contributed by atoms with Crippen LogP contribution in [0, 0.1) is 17.0 Å². The molecule has 0 aliphatic heterocycles. The van der Waals surface area contributed by atoms with Gasteiger partial charge < -0.3 is 4.74 Å². The van der Waals surface area contributed by atoms with E-state index in [-0.39, 0.29) is 22.8 Å². The number of nitro benzene ring substituents is 1. The number of hydrogen-bond acceptors (Lipinski definition) is 4. The molecule has 2 aromatic carbocycles. The Balaban J connectivity index is 2.41. The second kappa shape index (κ2) is 5.93. The number of aryl methyl sites for hydroxylation is 1. The number of carbonyl (C=O) groups excluding carboxylic acids is 1. The zero-order valence-electron chi connectivity index (χ0n) is 11.4. The molecule has 6 heteroatoms. The van der Waals surface area contributed by atoms with Crippen molar-refractivity contribution in [1.82, 2.24) is 0 Å². The molecule has 108 valence electrons. The molecule has 0 unspecified atom stereocenters. The summed E-state index contributed by atoms with van der Waals surface area (Å²) < 4.78 is 5.64. The Labute approximate surface area is 126 Å². The van der Waals surface area contributed by atoms with Crippen molar-refractivity contribution in [3.05, 3.63) is 62.7 Å². The van der Waals surface area contributed by atoms with E-state index in [9.17, 15) is 14.9 Å². The summed E-state index contributed by atoms with van der Waals surface area (Å²) in [5.74, 6) is 0.475. The van der Waals surface area contributed by atoms with Gasteiger partial charge in [0.1, 0.15) is 11.5 Å². The first-order valence-electron chi connectivity index (χ1n) is 6.12. The maximum Gasteiger partial charge on any atom is 0.270 e. The van der Waals surface area contributed by atoms with Crippen LogP contribution >= 0.6 is 11.6 Å². The summed E-state index contributed by atoms with van der Waals surface area (Å²) in [6.45, 7) is 3.16. The minimum absolute atomic E-state index is 0.153. The second-order valence-electron chi connectivity index (χ2n) is 4.51. The van der Waals surface area contributed by atoms with E-state index in [1.165, 1.54) is 25.1 Å². The van der Waals surface area contributed by atoms with E-state index < -0.39 is 4.92 Å². The van der Waals surface area contributed by atoms with Gasteiger partial charge in [-0.15, -0.1) is 0 Å². The number of nitrogens with zero attached hydrogens (tertiary/aromatic N) is 1. The highest BCUT2D eigenvalue weighted by Crippen LogP contribution is 2.30. The number of benzene rings is 2. The highest BCUT2D eigenvalue weighted by molar-refractivity contribution is 6.31. The molecule has 0 aliphatic carbocycles. The Kier molecular flexibility index (Phi) is 4.23. The van der Waals surface area contributed by atoms with Crippen molar-refractivity contribution in [3.63, 3.8) is 0 Å². The van der Waals surface area contributed by atoms with E-state index >= 15 is 0 Å². The van der Waals surface area contributed by atoms with Crippen LogP contribution in [0.3, 0.4) is 0 Å². The van der Waals surface area contributed by atoms with Crippen molar-refractivity contribution in [2.45, 2.75) is 13.8 Å².